The molecule has 0 aliphatic heterocycles. The first-order valence-corrected chi connectivity index (χ1v) is 15.9. The van der Waals surface area contributed by atoms with E-state index in [1.54, 1.807) is 0 Å². The Kier molecular flexibility index (Phi) is 9.22. The minimum absolute atomic E-state index is 0.307. The van der Waals surface area contributed by atoms with Crippen molar-refractivity contribution in [2.24, 2.45) is 0 Å². The van der Waals surface area contributed by atoms with E-state index >= 15 is 0 Å². The highest BCUT2D eigenvalue weighted by Gasteiger charge is 2.16. The zero-order valence-electron chi connectivity index (χ0n) is 22.7. The molecule has 0 fully saturated rings. The van der Waals surface area contributed by atoms with Crippen molar-refractivity contribution < 1.29 is 0 Å². The van der Waals surface area contributed by atoms with Crippen LogP contribution < -0.4 is 5.72 Å². The minimum atomic E-state index is -0.340. The van der Waals surface area contributed by atoms with Crippen molar-refractivity contribution in [2.45, 2.75) is 25.1 Å². The number of imidazole rings is 1. The number of hydrogen-bond donors (Lipinski definition) is 0. The molecule has 1 aromatic heterocycles. The molecule has 2 nitrogen and oxygen atoms in total. The second-order valence-corrected chi connectivity index (χ2v) is 11.7. The molecule has 0 bridgehead atoms. The van der Waals surface area contributed by atoms with Gasteiger partial charge in [0.1, 0.15) is 0 Å². The Morgan fingerprint density at radius 3 is 1.97 bits per heavy atom. The van der Waals surface area contributed by atoms with Crippen molar-refractivity contribution in [2.75, 3.05) is 0 Å². The number of allylic oxidation sites excluding steroid dienone is 2. The molecule has 0 atom stereocenters. The molecule has 0 N–H and O–H groups in total. The monoisotopic (exact) mass is 522 g/mol. The summed E-state index contributed by atoms with van der Waals surface area (Å²) in [6, 6.07) is 44.2. The summed E-state index contributed by atoms with van der Waals surface area (Å²) in [7, 11) is 0.479. The number of hydrogen-bond acceptors (Lipinski definition) is 1. The van der Waals surface area contributed by atoms with E-state index in [2.05, 4.69) is 151 Å². The van der Waals surface area contributed by atoms with Gasteiger partial charge in [-0.05, 0) is 35.2 Å². The lowest BCUT2D eigenvalue weighted by Gasteiger charge is -2.19. The molecule has 0 saturated carbocycles. The summed E-state index contributed by atoms with van der Waals surface area (Å²) < 4.78 is 2.38. The third-order valence-electron chi connectivity index (χ3n) is 7.23. The average Bonchev–Trinajstić information content (AvgIpc) is 3.44. The van der Waals surface area contributed by atoms with Crippen LogP contribution in [0, 0.1) is 0 Å². The Morgan fingerprint density at radius 1 is 0.795 bits per heavy atom. The first-order chi connectivity index (χ1) is 19.3. The summed E-state index contributed by atoms with van der Waals surface area (Å²) in [5.74, 6) is 0.307. The van der Waals surface area contributed by atoms with Crippen LogP contribution in [-0.4, -0.2) is 26.4 Å². The molecule has 0 amide bonds. The Morgan fingerprint density at radius 2 is 1.36 bits per heavy atom. The van der Waals surface area contributed by atoms with Gasteiger partial charge in [-0.25, -0.2) is 0 Å². The normalized spacial score (nSPS) is 12.4. The molecule has 0 spiro atoms. The fourth-order valence-electron chi connectivity index (χ4n) is 5.24. The van der Waals surface area contributed by atoms with Crippen LogP contribution in [0.3, 0.4) is 0 Å². The zero-order valence-corrected chi connectivity index (χ0v) is 24.1. The van der Waals surface area contributed by atoms with Crippen molar-refractivity contribution in [1.82, 2.24) is 9.55 Å². The average molecular weight is 523 g/mol. The van der Waals surface area contributed by atoms with Gasteiger partial charge in [-0.2, -0.15) is 0 Å². The molecule has 0 radical (unpaired) electrons. The fourth-order valence-corrected chi connectivity index (χ4v) is 6.83. The molecule has 39 heavy (non-hydrogen) atoms. The molecule has 1 heterocycles. The van der Waals surface area contributed by atoms with E-state index in [4.69, 9.17) is 4.98 Å². The minimum Gasteiger partial charge on any atom is -0.346 e. The lowest BCUT2D eigenvalue weighted by atomic mass is 9.65. The maximum Gasteiger partial charge on any atom is 0.239 e. The van der Waals surface area contributed by atoms with Gasteiger partial charge in [0, 0.05) is 34.0 Å². The van der Waals surface area contributed by atoms with E-state index in [1.807, 2.05) is 6.20 Å². The predicted molar refractivity (Wildman–Crippen MR) is 172 cm³/mol. The van der Waals surface area contributed by atoms with Crippen molar-refractivity contribution in [1.29, 1.82) is 0 Å². The smallest absolute Gasteiger partial charge is 0.239 e. The van der Waals surface area contributed by atoms with Crippen molar-refractivity contribution in [3.8, 4) is 0 Å². The van der Waals surface area contributed by atoms with Gasteiger partial charge >= 0.3 is 0 Å². The third kappa shape index (κ3) is 7.24. The van der Waals surface area contributed by atoms with Gasteiger partial charge in [0.2, 0.25) is 7.28 Å². The lowest BCUT2D eigenvalue weighted by molar-refractivity contribution is 0.900. The van der Waals surface area contributed by atoms with E-state index in [-0.39, 0.29) is 9.52 Å². The summed E-state index contributed by atoms with van der Waals surface area (Å²) in [4.78, 5) is 4.77. The maximum absolute atomic E-state index is 4.77. The van der Waals surface area contributed by atoms with Gasteiger partial charge < -0.3 is 4.57 Å². The van der Waals surface area contributed by atoms with Crippen LogP contribution in [0.4, 0.5) is 0 Å². The molecule has 4 heteroatoms. The topological polar surface area (TPSA) is 17.8 Å². The fraction of sp³-hybridized carbons (Fsp3) is 0.114. The van der Waals surface area contributed by atoms with Crippen LogP contribution in [0.5, 0.6) is 0 Å². The molecule has 0 unspecified atom stereocenters. The first-order valence-electron chi connectivity index (χ1n) is 13.9. The Hall–Kier alpha value is -4.15. The van der Waals surface area contributed by atoms with Crippen molar-refractivity contribution in [3.05, 3.63) is 168 Å². The van der Waals surface area contributed by atoms with Crippen LogP contribution in [0.2, 0.25) is 6.04 Å². The third-order valence-corrected chi connectivity index (χ3v) is 8.72. The first kappa shape index (κ1) is 26.5. The molecule has 4 aromatic carbocycles. The Labute approximate surface area is 235 Å². The van der Waals surface area contributed by atoms with Gasteiger partial charge in [-0.1, -0.05) is 145 Å². The number of rotatable bonds is 11. The van der Waals surface area contributed by atoms with Crippen LogP contribution >= 0.6 is 0 Å². The van der Waals surface area contributed by atoms with Gasteiger partial charge in [-0.15, -0.1) is 0 Å². The van der Waals surface area contributed by atoms with E-state index in [9.17, 15) is 0 Å². The summed E-state index contributed by atoms with van der Waals surface area (Å²) in [6.45, 7) is 2.29. The SMILES string of the molecule is CC(=CC[SiH2]Cn1ccnc1BC(=Cc1ccccc1)c1ccccc1)C(c1ccccc1)c1ccccc1. The maximum atomic E-state index is 4.77. The van der Waals surface area contributed by atoms with Crippen LogP contribution in [0.1, 0.15) is 35.1 Å². The second-order valence-electron chi connectivity index (χ2n) is 10.0. The van der Waals surface area contributed by atoms with Crippen LogP contribution in [0.25, 0.3) is 11.5 Å². The van der Waals surface area contributed by atoms with Gasteiger partial charge in [0.15, 0.2) is 0 Å². The van der Waals surface area contributed by atoms with Crippen LogP contribution in [0.15, 0.2) is 145 Å². The number of nitrogens with zero attached hydrogens (tertiary/aromatic N) is 2. The van der Waals surface area contributed by atoms with Crippen molar-refractivity contribution >= 4 is 34.1 Å². The molecule has 0 aliphatic rings. The molecular weight excluding hydrogens is 487 g/mol. The zero-order chi connectivity index (χ0) is 26.7. The highest BCUT2D eigenvalue weighted by Crippen LogP contribution is 2.31. The van der Waals surface area contributed by atoms with Crippen LogP contribution in [-0.2, 0) is 6.17 Å². The van der Waals surface area contributed by atoms with E-state index in [1.165, 1.54) is 39.3 Å². The standard InChI is InChI=1S/C35H35BN2Si/c1-28(34(31-18-10-4-11-19-31)32-20-12-5-13-21-32)22-25-39-27-38-24-23-37-35(38)36-33(30-16-8-3-9-17-30)26-29-14-6-2-7-15-29/h2-24,26,34,36H,25,27,39H2,1H3. The highest BCUT2D eigenvalue weighted by atomic mass is 28.2. The number of benzene rings is 4. The van der Waals surface area contributed by atoms with Gasteiger partial charge in [0.05, 0.1) is 5.72 Å². The summed E-state index contributed by atoms with van der Waals surface area (Å²) >= 11 is 0. The number of aromatic nitrogens is 2. The molecular formula is C35H35BN2Si. The Balaban J connectivity index is 1.28. The van der Waals surface area contributed by atoms with Gasteiger partial charge in [0.25, 0.3) is 0 Å². The van der Waals surface area contributed by atoms with E-state index in [0.29, 0.717) is 5.92 Å². The second kappa shape index (κ2) is 13.6. The summed E-state index contributed by atoms with van der Waals surface area (Å²) in [5.41, 5.74) is 9.04. The quantitative estimate of drug-likeness (QED) is 0.0842. The molecule has 5 rings (SSSR count). The van der Waals surface area contributed by atoms with E-state index < -0.39 is 0 Å². The summed E-state index contributed by atoms with van der Waals surface area (Å²) in [5, 5.41) is 0. The molecule has 0 aliphatic carbocycles. The van der Waals surface area contributed by atoms with Gasteiger partial charge in [-0.3, -0.25) is 4.98 Å². The highest BCUT2D eigenvalue weighted by molar-refractivity contribution is 6.73. The lowest BCUT2D eigenvalue weighted by Crippen LogP contribution is -2.29. The predicted octanol–water partition coefficient (Wildman–Crippen LogP) is 6.47. The molecule has 0 saturated heterocycles. The largest absolute Gasteiger partial charge is 0.346 e. The summed E-state index contributed by atoms with van der Waals surface area (Å²) in [6.07, 6.45) is 9.98. The molecule has 5 aromatic rings. The van der Waals surface area contributed by atoms with Crippen molar-refractivity contribution in [3.63, 3.8) is 0 Å². The van der Waals surface area contributed by atoms with E-state index in [0.717, 1.165) is 19.2 Å². The Bertz CT molecular complexity index is 1450. The molecule has 192 valence electrons.